The van der Waals surface area contributed by atoms with Crippen molar-refractivity contribution in [2.24, 2.45) is 5.73 Å². The number of benzene rings is 1. The van der Waals surface area contributed by atoms with Crippen LogP contribution in [-0.4, -0.2) is 10.2 Å². The summed E-state index contributed by atoms with van der Waals surface area (Å²) in [6, 6.07) is 5.65. The lowest BCUT2D eigenvalue weighted by Gasteiger charge is -1.92. The van der Waals surface area contributed by atoms with E-state index in [9.17, 15) is 0 Å². The first-order valence-electron chi connectivity index (χ1n) is 3.64. The van der Waals surface area contributed by atoms with Crippen LogP contribution in [0, 0.1) is 0 Å². The first-order chi connectivity index (χ1) is 5.83. The lowest BCUT2D eigenvalue weighted by molar-refractivity contribution is 0.959. The molecule has 0 atom stereocenters. The average Bonchev–Trinajstić information content (AvgIpc) is 2.49. The van der Waals surface area contributed by atoms with Gasteiger partial charge < -0.3 is 5.73 Å². The number of aromatic amines is 1. The molecule has 3 N–H and O–H groups in total. The van der Waals surface area contributed by atoms with Gasteiger partial charge in [0.15, 0.2) is 0 Å². The molecule has 1 aromatic carbocycles. The van der Waals surface area contributed by atoms with Crippen molar-refractivity contribution >= 4 is 22.5 Å². The van der Waals surface area contributed by atoms with E-state index < -0.39 is 0 Å². The molecule has 1 aromatic heterocycles. The van der Waals surface area contributed by atoms with Gasteiger partial charge in [-0.1, -0.05) is 23.7 Å². The molecular formula is C8H8ClN3. The van der Waals surface area contributed by atoms with Gasteiger partial charge in [0.05, 0.1) is 10.7 Å². The molecule has 2 aromatic rings. The minimum Gasteiger partial charge on any atom is -0.325 e. The Morgan fingerprint density at radius 3 is 3.08 bits per heavy atom. The molecule has 0 saturated carbocycles. The molecule has 2 rings (SSSR count). The molecule has 12 heavy (non-hydrogen) atoms. The van der Waals surface area contributed by atoms with Gasteiger partial charge in [0.2, 0.25) is 0 Å². The third-order valence-corrected chi connectivity index (χ3v) is 2.12. The number of para-hydroxylation sites is 1. The van der Waals surface area contributed by atoms with Crippen molar-refractivity contribution in [3.05, 3.63) is 28.9 Å². The number of fused-ring (bicyclic) bond motifs is 1. The summed E-state index contributed by atoms with van der Waals surface area (Å²) in [5.74, 6) is 0. The lowest BCUT2D eigenvalue weighted by Crippen LogP contribution is -1.96. The number of H-pyrrole nitrogens is 1. The maximum absolute atomic E-state index is 5.90. The predicted octanol–water partition coefficient (Wildman–Crippen LogP) is 1.67. The zero-order chi connectivity index (χ0) is 8.55. The van der Waals surface area contributed by atoms with E-state index in [2.05, 4.69) is 10.2 Å². The van der Waals surface area contributed by atoms with Gasteiger partial charge in [-0.2, -0.15) is 5.10 Å². The normalized spacial score (nSPS) is 10.8. The second-order valence-corrected chi connectivity index (χ2v) is 2.95. The molecule has 62 valence electrons. The van der Waals surface area contributed by atoms with Crippen molar-refractivity contribution < 1.29 is 0 Å². The van der Waals surface area contributed by atoms with Crippen molar-refractivity contribution in [1.82, 2.24) is 10.2 Å². The summed E-state index contributed by atoms with van der Waals surface area (Å²) in [6.45, 7) is 0.455. The second-order valence-electron chi connectivity index (χ2n) is 2.54. The van der Waals surface area contributed by atoms with E-state index in [4.69, 9.17) is 17.3 Å². The first kappa shape index (κ1) is 7.58. The highest BCUT2D eigenvalue weighted by Crippen LogP contribution is 2.22. The summed E-state index contributed by atoms with van der Waals surface area (Å²) in [7, 11) is 0. The molecule has 0 amide bonds. The number of aromatic nitrogens is 2. The highest BCUT2D eigenvalue weighted by atomic mass is 35.5. The third kappa shape index (κ3) is 0.983. The average molecular weight is 182 g/mol. The van der Waals surface area contributed by atoms with E-state index in [0.717, 1.165) is 16.6 Å². The van der Waals surface area contributed by atoms with Crippen LogP contribution in [0.15, 0.2) is 18.2 Å². The highest BCUT2D eigenvalue weighted by molar-refractivity contribution is 6.35. The molecule has 0 aliphatic rings. The van der Waals surface area contributed by atoms with Crippen LogP contribution >= 0.6 is 11.6 Å². The number of nitrogens with zero attached hydrogens (tertiary/aromatic N) is 1. The van der Waals surface area contributed by atoms with Crippen LogP contribution in [-0.2, 0) is 6.54 Å². The first-order valence-corrected chi connectivity index (χ1v) is 4.02. The van der Waals surface area contributed by atoms with Crippen LogP contribution in [0.5, 0.6) is 0 Å². The third-order valence-electron chi connectivity index (χ3n) is 1.82. The van der Waals surface area contributed by atoms with E-state index in [1.807, 2.05) is 18.2 Å². The molecule has 1 heterocycles. The molecule has 0 unspecified atom stereocenters. The van der Waals surface area contributed by atoms with Gasteiger partial charge >= 0.3 is 0 Å². The number of rotatable bonds is 1. The van der Waals surface area contributed by atoms with Gasteiger partial charge in [0.25, 0.3) is 0 Å². The maximum atomic E-state index is 5.90. The number of halogens is 1. The fourth-order valence-corrected chi connectivity index (χ4v) is 1.43. The van der Waals surface area contributed by atoms with Gasteiger partial charge in [0, 0.05) is 11.9 Å². The molecule has 0 aliphatic carbocycles. The van der Waals surface area contributed by atoms with Crippen molar-refractivity contribution in [2.75, 3.05) is 0 Å². The van der Waals surface area contributed by atoms with E-state index in [1.54, 1.807) is 0 Å². The smallest absolute Gasteiger partial charge is 0.111 e. The van der Waals surface area contributed by atoms with Crippen LogP contribution in [0.2, 0.25) is 5.02 Å². The van der Waals surface area contributed by atoms with Crippen molar-refractivity contribution in [3.8, 4) is 0 Å². The zero-order valence-electron chi connectivity index (χ0n) is 6.34. The van der Waals surface area contributed by atoms with E-state index in [-0.39, 0.29) is 0 Å². The van der Waals surface area contributed by atoms with Gasteiger partial charge in [-0.15, -0.1) is 0 Å². The molecule has 0 bridgehead atoms. The van der Waals surface area contributed by atoms with Gasteiger partial charge in [-0.3, -0.25) is 5.10 Å². The Kier molecular flexibility index (Phi) is 1.75. The molecule has 0 spiro atoms. The molecule has 0 aliphatic heterocycles. The van der Waals surface area contributed by atoms with Gasteiger partial charge in [-0.25, -0.2) is 0 Å². The van der Waals surface area contributed by atoms with Crippen molar-refractivity contribution in [2.45, 2.75) is 6.54 Å². The standard InChI is InChI=1S/C8H8ClN3/c9-6-3-1-2-5-7(4-10)11-12-8(5)6/h1-3H,4,10H2,(H,11,12). The van der Waals surface area contributed by atoms with Crippen LogP contribution < -0.4 is 5.73 Å². The number of nitrogens with two attached hydrogens (primary N) is 1. The molecular weight excluding hydrogens is 174 g/mol. The largest absolute Gasteiger partial charge is 0.325 e. The molecule has 0 radical (unpaired) electrons. The SMILES string of the molecule is NCc1[nH]nc2c(Cl)cccc12. The Morgan fingerprint density at radius 1 is 1.50 bits per heavy atom. The van der Waals surface area contributed by atoms with Gasteiger partial charge in [-0.05, 0) is 6.07 Å². The lowest BCUT2D eigenvalue weighted by atomic mass is 10.2. The van der Waals surface area contributed by atoms with Crippen LogP contribution in [0.3, 0.4) is 0 Å². The summed E-state index contributed by atoms with van der Waals surface area (Å²) in [6.07, 6.45) is 0. The van der Waals surface area contributed by atoms with Crippen LogP contribution in [0.4, 0.5) is 0 Å². The van der Waals surface area contributed by atoms with Crippen molar-refractivity contribution in [3.63, 3.8) is 0 Å². The Bertz CT molecular complexity index is 408. The molecule has 3 nitrogen and oxygen atoms in total. The summed E-state index contributed by atoms with van der Waals surface area (Å²) < 4.78 is 0. The fourth-order valence-electron chi connectivity index (χ4n) is 1.21. The number of nitrogens with one attached hydrogen (secondary N) is 1. The highest BCUT2D eigenvalue weighted by Gasteiger charge is 2.05. The molecule has 4 heteroatoms. The number of hydrogen-bond acceptors (Lipinski definition) is 2. The predicted molar refractivity (Wildman–Crippen MR) is 49.0 cm³/mol. The summed E-state index contributed by atoms with van der Waals surface area (Å²) >= 11 is 5.90. The van der Waals surface area contributed by atoms with Gasteiger partial charge in [0.1, 0.15) is 5.52 Å². The second kappa shape index (κ2) is 2.77. The quantitative estimate of drug-likeness (QED) is 0.703. The minimum absolute atomic E-state index is 0.455. The Labute approximate surface area is 74.5 Å². The van der Waals surface area contributed by atoms with E-state index >= 15 is 0 Å². The minimum atomic E-state index is 0.455. The Hall–Kier alpha value is -1.06. The Balaban J connectivity index is 2.80. The van der Waals surface area contributed by atoms with E-state index in [0.29, 0.717) is 11.6 Å². The maximum Gasteiger partial charge on any atom is 0.111 e. The van der Waals surface area contributed by atoms with Crippen LogP contribution in [0.25, 0.3) is 10.9 Å². The molecule has 0 saturated heterocycles. The van der Waals surface area contributed by atoms with Crippen LogP contribution in [0.1, 0.15) is 5.69 Å². The number of hydrogen-bond donors (Lipinski definition) is 2. The monoisotopic (exact) mass is 181 g/mol. The fraction of sp³-hybridized carbons (Fsp3) is 0.125. The molecule has 0 fully saturated rings. The summed E-state index contributed by atoms with van der Waals surface area (Å²) in [5, 5.41) is 8.56. The zero-order valence-corrected chi connectivity index (χ0v) is 7.10. The summed E-state index contributed by atoms with van der Waals surface area (Å²) in [5.41, 5.74) is 7.21. The van der Waals surface area contributed by atoms with E-state index in [1.165, 1.54) is 0 Å². The van der Waals surface area contributed by atoms with Crippen molar-refractivity contribution in [1.29, 1.82) is 0 Å². The Morgan fingerprint density at radius 2 is 2.33 bits per heavy atom. The topological polar surface area (TPSA) is 54.7 Å². The summed E-state index contributed by atoms with van der Waals surface area (Å²) in [4.78, 5) is 0.